The summed E-state index contributed by atoms with van der Waals surface area (Å²) in [5.74, 6) is 2.58. The first kappa shape index (κ1) is 28.6. The molecule has 0 fully saturated rings. The van der Waals surface area contributed by atoms with Gasteiger partial charge in [0.05, 0.1) is 13.2 Å². The van der Waals surface area contributed by atoms with Crippen molar-refractivity contribution in [3.8, 4) is 11.5 Å². The highest BCUT2D eigenvalue weighted by molar-refractivity contribution is 5.98. The molecule has 2 aromatic carbocycles. The van der Waals surface area contributed by atoms with E-state index >= 15 is 0 Å². The summed E-state index contributed by atoms with van der Waals surface area (Å²) in [6, 6.07) is 15.6. The van der Waals surface area contributed by atoms with Crippen LogP contribution in [0.2, 0.25) is 0 Å². The van der Waals surface area contributed by atoms with E-state index in [0.29, 0.717) is 24.9 Å². The summed E-state index contributed by atoms with van der Waals surface area (Å²) in [4.78, 5) is 8.74. The molecule has 0 bridgehead atoms. The van der Waals surface area contributed by atoms with Crippen LogP contribution in [0.15, 0.2) is 58.5 Å². The van der Waals surface area contributed by atoms with Crippen LogP contribution >= 0.6 is 24.8 Å². The maximum atomic E-state index is 6.02. The average molecular weight is 469 g/mol. The SMILES string of the molecule is CC(C)N=C(N)c1cccc(OCCCOc2cccc(C(N)=NC(C)C)c2)c1.Cl.Cl. The fraction of sp³-hybridized carbons (Fsp3) is 0.391. The summed E-state index contributed by atoms with van der Waals surface area (Å²) in [5, 5.41) is 0. The zero-order chi connectivity index (χ0) is 21.2. The largest absolute Gasteiger partial charge is 0.493 e. The molecule has 0 atom stereocenters. The van der Waals surface area contributed by atoms with Crippen LogP contribution in [-0.4, -0.2) is 37.0 Å². The van der Waals surface area contributed by atoms with Gasteiger partial charge in [-0.2, -0.15) is 0 Å². The summed E-state index contributed by atoms with van der Waals surface area (Å²) in [6.07, 6.45) is 0.750. The lowest BCUT2D eigenvalue weighted by atomic mass is 10.2. The number of rotatable bonds is 10. The second kappa shape index (κ2) is 14.5. The molecule has 0 saturated heterocycles. The maximum absolute atomic E-state index is 6.02. The van der Waals surface area contributed by atoms with Gasteiger partial charge >= 0.3 is 0 Å². The predicted molar refractivity (Wildman–Crippen MR) is 135 cm³/mol. The Labute approximate surface area is 198 Å². The van der Waals surface area contributed by atoms with Crippen LogP contribution in [0.5, 0.6) is 11.5 Å². The zero-order valence-electron chi connectivity index (χ0n) is 18.6. The summed E-state index contributed by atoms with van der Waals surface area (Å²) in [7, 11) is 0. The Morgan fingerprint density at radius 3 is 1.48 bits per heavy atom. The van der Waals surface area contributed by atoms with E-state index in [2.05, 4.69) is 9.98 Å². The predicted octanol–water partition coefficient (Wildman–Crippen LogP) is 4.61. The molecule has 8 heteroatoms. The van der Waals surface area contributed by atoms with Crippen LogP contribution in [0.3, 0.4) is 0 Å². The number of hydrogen-bond acceptors (Lipinski definition) is 4. The molecule has 0 unspecified atom stereocenters. The standard InChI is InChI=1S/C23H32N4O2.2ClH/c1-16(2)26-22(24)18-8-5-10-20(14-18)28-12-7-13-29-21-11-6-9-19(15-21)23(25)27-17(3)4;;/h5-6,8-11,14-17H,7,12-13H2,1-4H3,(H2,24,26)(H2,25,27);2*1H. The minimum atomic E-state index is 0. The smallest absolute Gasteiger partial charge is 0.126 e. The van der Waals surface area contributed by atoms with Crippen molar-refractivity contribution in [3.63, 3.8) is 0 Å². The van der Waals surface area contributed by atoms with E-state index < -0.39 is 0 Å². The van der Waals surface area contributed by atoms with Crippen molar-refractivity contribution in [1.29, 1.82) is 0 Å². The normalized spacial score (nSPS) is 11.7. The van der Waals surface area contributed by atoms with Crippen molar-refractivity contribution in [1.82, 2.24) is 0 Å². The van der Waals surface area contributed by atoms with E-state index in [1.807, 2.05) is 76.2 Å². The van der Waals surface area contributed by atoms with Crippen LogP contribution in [-0.2, 0) is 0 Å². The number of nitrogens with zero attached hydrogens (tertiary/aromatic N) is 2. The van der Waals surface area contributed by atoms with Crippen molar-refractivity contribution < 1.29 is 9.47 Å². The lowest BCUT2D eigenvalue weighted by molar-refractivity contribution is 0.247. The minimum Gasteiger partial charge on any atom is -0.493 e. The summed E-state index contributed by atoms with van der Waals surface area (Å²) >= 11 is 0. The second-order valence-electron chi connectivity index (χ2n) is 7.32. The second-order valence-corrected chi connectivity index (χ2v) is 7.32. The molecular weight excluding hydrogens is 435 g/mol. The Balaban J connectivity index is 0.00000450. The van der Waals surface area contributed by atoms with Crippen molar-refractivity contribution in [2.75, 3.05) is 13.2 Å². The van der Waals surface area contributed by atoms with E-state index in [1.54, 1.807) is 0 Å². The van der Waals surface area contributed by atoms with E-state index in [4.69, 9.17) is 20.9 Å². The molecule has 2 rings (SSSR count). The third-order valence-electron chi connectivity index (χ3n) is 3.88. The van der Waals surface area contributed by atoms with Gasteiger partial charge in [0.1, 0.15) is 23.2 Å². The number of nitrogens with two attached hydrogens (primary N) is 2. The Kier molecular flexibility index (Phi) is 13.4. The van der Waals surface area contributed by atoms with Gasteiger partial charge < -0.3 is 20.9 Å². The lowest BCUT2D eigenvalue weighted by Crippen LogP contribution is -2.16. The number of halogens is 2. The van der Waals surface area contributed by atoms with Crippen LogP contribution in [0.1, 0.15) is 45.2 Å². The summed E-state index contributed by atoms with van der Waals surface area (Å²) < 4.78 is 11.6. The summed E-state index contributed by atoms with van der Waals surface area (Å²) in [5.41, 5.74) is 13.8. The van der Waals surface area contributed by atoms with Crippen LogP contribution in [0.25, 0.3) is 0 Å². The molecule has 6 nitrogen and oxygen atoms in total. The fourth-order valence-corrected chi connectivity index (χ4v) is 2.63. The number of ether oxygens (including phenoxy) is 2. The number of hydrogen-bond donors (Lipinski definition) is 2. The molecule has 31 heavy (non-hydrogen) atoms. The number of amidine groups is 2. The number of aliphatic imine (C=N–C) groups is 2. The van der Waals surface area contributed by atoms with E-state index in [9.17, 15) is 0 Å². The van der Waals surface area contributed by atoms with Gasteiger partial charge in [-0.3, -0.25) is 9.98 Å². The van der Waals surface area contributed by atoms with Gasteiger partial charge in [-0.15, -0.1) is 24.8 Å². The molecule has 0 aromatic heterocycles. The molecule has 0 aliphatic rings. The molecule has 4 N–H and O–H groups in total. The van der Waals surface area contributed by atoms with E-state index in [1.165, 1.54) is 0 Å². The molecule has 0 amide bonds. The Hall–Kier alpha value is -2.44. The Morgan fingerprint density at radius 1 is 0.742 bits per heavy atom. The highest BCUT2D eigenvalue weighted by Gasteiger charge is 2.04. The first-order valence-corrected chi connectivity index (χ1v) is 9.98. The Morgan fingerprint density at radius 2 is 1.13 bits per heavy atom. The van der Waals surface area contributed by atoms with Gasteiger partial charge in [0, 0.05) is 29.6 Å². The summed E-state index contributed by atoms with van der Waals surface area (Å²) in [6.45, 7) is 9.06. The zero-order valence-corrected chi connectivity index (χ0v) is 20.2. The molecule has 0 spiro atoms. The first-order valence-electron chi connectivity index (χ1n) is 9.98. The molecule has 0 aliphatic carbocycles. The highest BCUT2D eigenvalue weighted by Crippen LogP contribution is 2.15. The number of benzene rings is 2. The van der Waals surface area contributed by atoms with Gasteiger partial charge in [0.15, 0.2) is 0 Å². The third-order valence-corrected chi connectivity index (χ3v) is 3.88. The molecule has 0 heterocycles. The molecule has 0 aliphatic heterocycles. The molecule has 2 aromatic rings. The topological polar surface area (TPSA) is 95.2 Å². The van der Waals surface area contributed by atoms with E-state index in [0.717, 1.165) is 29.0 Å². The van der Waals surface area contributed by atoms with Crippen LogP contribution < -0.4 is 20.9 Å². The van der Waals surface area contributed by atoms with Crippen LogP contribution in [0.4, 0.5) is 0 Å². The van der Waals surface area contributed by atoms with E-state index in [-0.39, 0.29) is 36.9 Å². The molecule has 0 saturated carbocycles. The van der Waals surface area contributed by atoms with Gasteiger partial charge in [-0.05, 0) is 52.0 Å². The quantitative estimate of drug-likeness (QED) is 0.302. The fourth-order valence-electron chi connectivity index (χ4n) is 2.63. The minimum absolute atomic E-state index is 0. The molecule has 0 radical (unpaired) electrons. The average Bonchev–Trinajstić information content (AvgIpc) is 2.67. The van der Waals surface area contributed by atoms with Crippen molar-refractivity contribution in [3.05, 3.63) is 59.7 Å². The van der Waals surface area contributed by atoms with Gasteiger partial charge in [0.25, 0.3) is 0 Å². The van der Waals surface area contributed by atoms with Crippen molar-refractivity contribution in [2.45, 2.75) is 46.2 Å². The monoisotopic (exact) mass is 468 g/mol. The molecular formula is C23H34Cl2N4O2. The molecule has 172 valence electrons. The van der Waals surface area contributed by atoms with Crippen LogP contribution in [0, 0.1) is 0 Å². The lowest BCUT2D eigenvalue weighted by Gasteiger charge is -2.10. The van der Waals surface area contributed by atoms with Gasteiger partial charge in [-0.1, -0.05) is 24.3 Å². The van der Waals surface area contributed by atoms with Gasteiger partial charge in [-0.25, -0.2) is 0 Å². The highest BCUT2D eigenvalue weighted by atomic mass is 35.5. The first-order chi connectivity index (χ1) is 13.8. The maximum Gasteiger partial charge on any atom is 0.126 e. The van der Waals surface area contributed by atoms with Crippen molar-refractivity contribution in [2.24, 2.45) is 21.5 Å². The van der Waals surface area contributed by atoms with Gasteiger partial charge in [0.2, 0.25) is 0 Å². The third kappa shape index (κ3) is 10.4. The Bertz CT molecular complexity index is 785. The van der Waals surface area contributed by atoms with Crippen molar-refractivity contribution >= 4 is 36.5 Å².